The minimum Gasteiger partial charge on any atom is -0.454 e. The molecule has 1 aliphatic heterocycles. The molecule has 0 bridgehead atoms. The van der Waals surface area contributed by atoms with E-state index in [4.69, 9.17) is 9.47 Å². The number of carbonyl (C=O) groups is 2. The molecule has 0 unspecified atom stereocenters. The van der Waals surface area contributed by atoms with Gasteiger partial charge in [0.15, 0.2) is 16.7 Å². The minimum absolute atomic E-state index is 0.00261. The van der Waals surface area contributed by atoms with E-state index in [1.54, 1.807) is 18.2 Å². The zero-order valence-corrected chi connectivity index (χ0v) is 14.6. The molecule has 1 aromatic carbocycles. The Labute approximate surface area is 152 Å². The second-order valence-electron chi connectivity index (χ2n) is 5.30. The number of amides is 2. The zero-order valence-electron chi connectivity index (χ0n) is 13.8. The van der Waals surface area contributed by atoms with Crippen LogP contribution in [0.3, 0.4) is 0 Å². The van der Waals surface area contributed by atoms with E-state index in [-0.39, 0.29) is 41.5 Å². The molecule has 136 valence electrons. The van der Waals surface area contributed by atoms with Crippen molar-refractivity contribution >= 4 is 29.3 Å². The van der Waals surface area contributed by atoms with Gasteiger partial charge in [0.2, 0.25) is 18.6 Å². The molecular weight excluding hydrogens is 360 g/mol. The second kappa shape index (κ2) is 7.91. The highest BCUT2D eigenvalue weighted by Gasteiger charge is 2.14. The van der Waals surface area contributed by atoms with E-state index in [0.717, 1.165) is 11.8 Å². The first-order valence-electron chi connectivity index (χ1n) is 7.66. The number of carbonyl (C=O) groups excluding carboxylic acids is 2. The van der Waals surface area contributed by atoms with Crippen LogP contribution in [0, 0.1) is 0 Å². The van der Waals surface area contributed by atoms with Crippen LogP contribution in [0.2, 0.25) is 0 Å². The third kappa shape index (κ3) is 4.54. The molecule has 26 heavy (non-hydrogen) atoms. The Kier molecular flexibility index (Phi) is 5.42. The van der Waals surface area contributed by atoms with Gasteiger partial charge in [0, 0.05) is 24.9 Å². The highest BCUT2D eigenvalue weighted by atomic mass is 32.2. The molecule has 9 nitrogen and oxygen atoms in total. The van der Waals surface area contributed by atoms with Crippen LogP contribution in [0.4, 0.5) is 5.69 Å². The Morgan fingerprint density at radius 1 is 1.23 bits per heavy atom. The van der Waals surface area contributed by atoms with Crippen molar-refractivity contribution < 1.29 is 19.1 Å². The standard InChI is InChI=1S/C16H16N4O5S/c1-17-13(21)5-10-6-14(22)20-16(19-10)26-7-15(23)18-9-2-3-11-12(4-9)25-8-24-11/h2-4,6H,5,7-8H2,1H3,(H,17,21)(H,18,23)(H,19,20,22). The van der Waals surface area contributed by atoms with Crippen LogP contribution in [0.25, 0.3) is 0 Å². The van der Waals surface area contributed by atoms with Crippen LogP contribution in [0.5, 0.6) is 11.5 Å². The number of nitrogens with zero attached hydrogens (tertiary/aromatic N) is 1. The molecule has 0 fully saturated rings. The number of H-pyrrole nitrogens is 1. The molecule has 3 rings (SSSR count). The maximum Gasteiger partial charge on any atom is 0.251 e. The summed E-state index contributed by atoms with van der Waals surface area (Å²) in [5.74, 6) is 0.726. The van der Waals surface area contributed by atoms with Crippen LogP contribution in [0.1, 0.15) is 5.69 Å². The third-order valence-electron chi connectivity index (χ3n) is 3.39. The SMILES string of the molecule is CNC(=O)Cc1cc(=O)[nH]c(SCC(=O)Nc2ccc3c(c2)OCO3)n1. The summed E-state index contributed by atoms with van der Waals surface area (Å²) in [4.78, 5) is 41.9. The normalized spacial score (nSPS) is 11.9. The Morgan fingerprint density at radius 2 is 2.04 bits per heavy atom. The van der Waals surface area contributed by atoms with Crippen molar-refractivity contribution in [2.24, 2.45) is 0 Å². The van der Waals surface area contributed by atoms with Crippen molar-refractivity contribution in [1.82, 2.24) is 15.3 Å². The topological polar surface area (TPSA) is 122 Å². The number of thioether (sulfide) groups is 1. The molecule has 0 spiro atoms. The maximum atomic E-state index is 12.1. The van der Waals surface area contributed by atoms with E-state index in [1.165, 1.54) is 13.1 Å². The predicted molar refractivity (Wildman–Crippen MR) is 94.5 cm³/mol. The van der Waals surface area contributed by atoms with Gasteiger partial charge in [-0.3, -0.25) is 14.4 Å². The van der Waals surface area contributed by atoms with Crippen molar-refractivity contribution in [2.75, 3.05) is 24.9 Å². The first-order valence-corrected chi connectivity index (χ1v) is 8.65. The quantitative estimate of drug-likeness (QED) is 0.496. The number of nitrogens with one attached hydrogen (secondary N) is 3. The molecule has 2 aromatic rings. The molecule has 0 atom stereocenters. The van der Waals surface area contributed by atoms with E-state index in [1.807, 2.05) is 0 Å². The summed E-state index contributed by atoms with van der Waals surface area (Å²) < 4.78 is 10.5. The Hall–Kier alpha value is -3.01. The highest BCUT2D eigenvalue weighted by molar-refractivity contribution is 7.99. The number of hydrogen-bond donors (Lipinski definition) is 3. The van der Waals surface area contributed by atoms with E-state index < -0.39 is 0 Å². The third-order valence-corrected chi connectivity index (χ3v) is 4.26. The van der Waals surface area contributed by atoms with Crippen LogP contribution >= 0.6 is 11.8 Å². The monoisotopic (exact) mass is 376 g/mol. The summed E-state index contributed by atoms with van der Waals surface area (Å²) in [6.07, 6.45) is -0.00261. The van der Waals surface area contributed by atoms with Crippen molar-refractivity contribution in [3.63, 3.8) is 0 Å². The second-order valence-corrected chi connectivity index (χ2v) is 6.26. The molecule has 0 saturated heterocycles. The lowest BCUT2D eigenvalue weighted by molar-refractivity contribution is -0.120. The Balaban J connectivity index is 1.59. The Bertz CT molecular complexity index is 898. The van der Waals surface area contributed by atoms with E-state index in [2.05, 4.69) is 20.6 Å². The molecule has 1 aliphatic rings. The molecule has 2 heterocycles. The summed E-state index contributed by atoms with van der Waals surface area (Å²) in [5.41, 5.74) is 0.541. The average molecular weight is 376 g/mol. The molecule has 10 heteroatoms. The fraction of sp³-hybridized carbons (Fsp3) is 0.250. The van der Waals surface area contributed by atoms with Crippen molar-refractivity contribution in [2.45, 2.75) is 11.6 Å². The van der Waals surface area contributed by atoms with Gasteiger partial charge in [-0.1, -0.05) is 11.8 Å². The number of likely N-dealkylation sites (N-methyl/N-ethyl adjacent to an activating group) is 1. The molecule has 0 radical (unpaired) electrons. The van der Waals surface area contributed by atoms with E-state index in [9.17, 15) is 14.4 Å². The summed E-state index contributed by atoms with van der Waals surface area (Å²) in [6, 6.07) is 6.35. The molecule has 0 aliphatic carbocycles. The summed E-state index contributed by atoms with van der Waals surface area (Å²) in [7, 11) is 1.51. The highest BCUT2D eigenvalue weighted by Crippen LogP contribution is 2.34. The largest absolute Gasteiger partial charge is 0.454 e. The first-order chi connectivity index (χ1) is 12.5. The van der Waals surface area contributed by atoms with Gasteiger partial charge in [0.05, 0.1) is 17.9 Å². The van der Waals surface area contributed by atoms with Crippen molar-refractivity contribution in [3.8, 4) is 11.5 Å². The molecule has 1 aromatic heterocycles. The summed E-state index contributed by atoms with van der Waals surface area (Å²) in [6.45, 7) is 0.161. The molecule has 2 amide bonds. The Morgan fingerprint density at radius 3 is 2.85 bits per heavy atom. The lowest BCUT2D eigenvalue weighted by Crippen LogP contribution is -2.22. The molecular formula is C16H16N4O5S. The lowest BCUT2D eigenvalue weighted by atomic mass is 10.3. The molecule has 0 saturated carbocycles. The van der Waals surface area contributed by atoms with Crippen molar-refractivity contribution in [3.05, 3.63) is 40.3 Å². The molecule has 3 N–H and O–H groups in total. The number of rotatable bonds is 6. The maximum absolute atomic E-state index is 12.1. The summed E-state index contributed by atoms with van der Waals surface area (Å²) >= 11 is 1.07. The van der Waals surface area contributed by atoms with E-state index in [0.29, 0.717) is 22.9 Å². The number of anilines is 1. The van der Waals surface area contributed by atoms with Gasteiger partial charge < -0.3 is 25.1 Å². The van der Waals surface area contributed by atoms with Gasteiger partial charge in [-0.2, -0.15) is 0 Å². The number of ether oxygens (including phenoxy) is 2. The van der Waals surface area contributed by atoms with Crippen LogP contribution in [0.15, 0.2) is 34.2 Å². The summed E-state index contributed by atoms with van der Waals surface area (Å²) in [5, 5.41) is 5.47. The number of hydrogen-bond acceptors (Lipinski definition) is 7. The van der Waals surface area contributed by atoms with Crippen LogP contribution in [-0.4, -0.2) is 41.4 Å². The van der Waals surface area contributed by atoms with Gasteiger partial charge in [0.25, 0.3) is 5.56 Å². The van der Waals surface area contributed by atoms with Crippen LogP contribution < -0.4 is 25.7 Å². The number of fused-ring (bicyclic) bond motifs is 1. The number of aromatic amines is 1. The van der Waals surface area contributed by atoms with Crippen molar-refractivity contribution in [1.29, 1.82) is 0 Å². The lowest BCUT2D eigenvalue weighted by Gasteiger charge is -2.06. The predicted octanol–water partition coefficient (Wildman–Crippen LogP) is 0.518. The average Bonchev–Trinajstić information content (AvgIpc) is 3.07. The number of benzene rings is 1. The smallest absolute Gasteiger partial charge is 0.251 e. The van der Waals surface area contributed by atoms with Gasteiger partial charge >= 0.3 is 0 Å². The zero-order chi connectivity index (χ0) is 18.5. The van der Waals surface area contributed by atoms with Gasteiger partial charge in [0.1, 0.15) is 0 Å². The van der Waals surface area contributed by atoms with Gasteiger partial charge in [-0.15, -0.1) is 0 Å². The fourth-order valence-corrected chi connectivity index (χ4v) is 2.90. The van der Waals surface area contributed by atoms with E-state index >= 15 is 0 Å². The minimum atomic E-state index is -0.377. The fourth-order valence-electron chi connectivity index (χ4n) is 2.20. The van der Waals surface area contributed by atoms with Gasteiger partial charge in [-0.25, -0.2) is 4.98 Å². The number of aromatic nitrogens is 2. The van der Waals surface area contributed by atoms with Gasteiger partial charge in [-0.05, 0) is 12.1 Å². The van der Waals surface area contributed by atoms with Crippen LogP contribution in [-0.2, 0) is 16.0 Å². The first kappa shape index (κ1) is 17.8.